The average Bonchev–Trinajstić information content (AvgIpc) is 3.24. The van der Waals surface area contributed by atoms with Gasteiger partial charge in [-0.2, -0.15) is 79.0 Å². The number of hydrogen-bond donors (Lipinski definition) is 0. The Kier molecular flexibility index (Phi) is 11.9. The van der Waals surface area contributed by atoms with E-state index in [-0.39, 0.29) is 23.3 Å². The lowest BCUT2D eigenvalue weighted by molar-refractivity contribution is -0.144. The molecule has 0 bridgehead atoms. The van der Waals surface area contributed by atoms with E-state index < -0.39 is 126 Å². The van der Waals surface area contributed by atoms with Crippen molar-refractivity contribution in [2.24, 2.45) is 0 Å². The molecule has 0 spiro atoms. The third-order valence-electron chi connectivity index (χ3n) is 10.5. The Balaban J connectivity index is 1.79. The predicted molar refractivity (Wildman–Crippen MR) is 209 cm³/mol. The van der Waals surface area contributed by atoms with E-state index in [1.165, 1.54) is 36.4 Å². The van der Waals surface area contributed by atoms with Crippen LogP contribution in [0.15, 0.2) is 146 Å². The summed E-state index contributed by atoms with van der Waals surface area (Å²) in [5.41, 5.74) is -23.7. The standard InChI is InChI=1S/C48H24F18/c49-43(50,51)37-17-9-7-15-27(37)31-22-34(36-20-30(26-13-5-2-6-14-26)40(46(58,59)60)24-42(36)48(64,65)66)32(28-16-8-10-18-38(28)44(52,53)54)21-33(31)35-19-29(25-11-3-1-4-12-25)39(45(55,56)57)23-41(35)47(61,62)63/h1-24H. The molecule has 0 fully saturated rings. The van der Waals surface area contributed by atoms with Gasteiger partial charge in [-0.05, 0) is 115 Å². The molecule has 7 rings (SSSR count). The molecule has 0 N–H and O–H groups in total. The molecule has 0 heterocycles. The zero-order chi connectivity index (χ0) is 48.4. The van der Waals surface area contributed by atoms with E-state index in [2.05, 4.69) is 0 Å². The summed E-state index contributed by atoms with van der Waals surface area (Å²) in [5.74, 6) is 0. The fourth-order valence-corrected chi connectivity index (χ4v) is 7.72. The molecule has 0 nitrogen and oxygen atoms in total. The zero-order valence-corrected chi connectivity index (χ0v) is 32.7. The van der Waals surface area contributed by atoms with Crippen LogP contribution in [0, 0.1) is 0 Å². The lowest BCUT2D eigenvalue weighted by atomic mass is 9.80. The summed E-state index contributed by atoms with van der Waals surface area (Å²) in [5, 5.41) is 0. The van der Waals surface area contributed by atoms with Crippen molar-refractivity contribution in [3.63, 3.8) is 0 Å². The zero-order valence-electron chi connectivity index (χ0n) is 32.7. The van der Waals surface area contributed by atoms with Gasteiger partial charge in [-0.25, -0.2) is 0 Å². The second-order valence-corrected chi connectivity index (χ2v) is 14.6. The second-order valence-electron chi connectivity index (χ2n) is 14.6. The first-order valence-electron chi connectivity index (χ1n) is 18.8. The molecule has 7 aromatic carbocycles. The Morgan fingerprint density at radius 2 is 0.409 bits per heavy atom. The smallest absolute Gasteiger partial charge is 0.166 e. The maximum Gasteiger partial charge on any atom is 0.417 e. The van der Waals surface area contributed by atoms with Crippen LogP contribution in [0.4, 0.5) is 79.0 Å². The van der Waals surface area contributed by atoms with Gasteiger partial charge in [0.1, 0.15) is 0 Å². The van der Waals surface area contributed by atoms with Gasteiger partial charge in [-0.1, -0.05) is 97.1 Å². The maximum atomic E-state index is 15.2. The van der Waals surface area contributed by atoms with Gasteiger partial charge >= 0.3 is 37.1 Å². The van der Waals surface area contributed by atoms with Crippen LogP contribution >= 0.6 is 0 Å². The summed E-state index contributed by atoms with van der Waals surface area (Å²) < 4.78 is 269. The van der Waals surface area contributed by atoms with Crippen molar-refractivity contribution in [2.45, 2.75) is 37.1 Å². The molecule has 0 aliphatic carbocycles. The quantitative estimate of drug-likeness (QED) is 0.146. The third-order valence-corrected chi connectivity index (χ3v) is 10.5. The SMILES string of the molecule is FC(F)(F)c1cc(C(F)(F)F)c(-c2cc(-c3ccccc3C(F)(F)F)c(-c3cc(-c4ccccc4)c(C(F)(F)F)cc3C(F)(F)F)cc2-c2ccccc2C(F)(F)F)cc1-c1ccccc1. The van der Waals surface area contributed by atoms with Gasteiger partial charge in [-0.15, -0.1) is 0 Å². The Hall–Kier alpha value is -6.72. The summed E-state index contributed by atoms with van der Waals surface area (Å²) in [6, 6.07) is 17.9. The van der Waals surface area contributed by atoms with Crippen LogP contribution in [0.3, 0.4) is 0 Å². The molecular weight excluding hydrogens is 918 g/mol. The van der Waals surface area contributed by atoms with Crippen molar-refractivity contribution < 1.29 is 79.0 Å². The van der Waals surface area contributed by atoms with Crippen molar-refractivity contribution in [3.8, 4) is 66.8 Å². The molecule has 0 atom stereocenters. The predicted octanol–water partition coefficient (Wildman–Crippen LogP) is 17.8. The molecule has 0 aromatic heterocycles. The molecule has 0 aliphatic heterocycles. The fraction of sp³-hybridized carbons (Fsp3) is 0.125. The molecule has 0 aliphatic rings. The van der Waals surface area contributed by atoms with Crippen molar-refractivity contribution in [2.75, 3.05) is 0 Å². The lowest BCUT2D eigenvalue weighted by Gasteiger charge is -2.26. The third kappa shape index (κ3) is 9.35. The van der Waals surface area contributed by atoms with E-state index in [4.69, 9.17) is 0 Å². The van der Waals surface area contributed by atoms with Crippen LogP contribution in [0.25, 0.3) is 66.8 Å². The molecule has 18 heteroatoms. The molecule has 0 saturated heterocycles. The number of rotatable bonds is 6. The van der Waals surface area contributed by atoms with E-state index in [0.29, 0.717) is 48.5 Å². The highest BCUT2D eigenvalue weighted by Gasteiger charge is 2.44. The van der Waals surface area contributed by atoms with E-state index in [1.807, 2.05) is 0 Å². The van der Waals surface area contributed by atoms with Crippen LogP contribution in [-0.2, 0) is 37.1 Å². The molecule has 66 heavy (non-hydrogen) atoms. The summed E-state index contributed by atoms with van der Waals surface area (Å²) in [4.78, 5) is 0. The van der Waals surface area contributed by atoms with Gasteiger partial charge < -0.3 is 0 Å². The van der Waals surface area contributed by atoms with Crippen LogP contribution in [-0.4, -0.2) is 0 Å². The van der Waals surface area contributed by atoms with Crippen LogP contribution in [0.1, 0.15) is 33.4 Å². The van der Waals surface area contributed by atoms with Crippen LogP contribution < -0.4 is 0 Å². The first-order valence-corrected chi connectivity index (χ1v) is 18.8. The molecule has 7 aromatic rings. The molecular formula is C48H24F18. The van der Waals surface area contributed by atoms with Crippen LogP contribution in [0.5, 0.6) is 0 Å². The Bertz CT molecular complexity index is 2710. The van der Waals surface area contributed by atoms with Gasteiger partial charge in [-0.3, -0.25) is 0 Å². The second kappa shape index (κ2) is 16.6. The van der Waals surface area contributed by atoms with E-state index in [1.54, 1.807) is 0 Å². The normalized spacial score (nSPS) is 13.0. The monoisotopic (exact) mass is 942 g/mol. The number of benzene rings is 7. The Labute approximate surface area is 361 Å². The highest BCUT2D eigenvalue weighted by molar-refractivity contribution is 5.99. The number of alkyl halides is 18. The molecule has 0 saturated carbocycles. The molecule has 0 unspecified atom stereocenters. The Morgan fingerprint density at radius 1 is 0.182 bits per heavy atom. The summed E-state index contributed by atoms with van der Waals surface area (Å²) in [6.45, 7) is 0. The number of hydrogen-bond acceptors (Lipinski definition) is 0. The first kappa shape index (κ1) is 47.2. The van der Waals surface area contributed by atoms with Gasteiger partial charge in [0.15, 0.2) is 0 Å². The van der Waals surface area contributed by atoms with Crippen molar-refractivity contribution in [1.82, 2.24) is 0 Å². The minimum Gasteiger partial charge on any atom is -0.166 e. The van der Waals surface area contributed by atoms with Gasteiger partial charge in [0.05, 0.1) is 33.4 Å². The highest BCUT2D eigenvalue weighted by atomic mass is 19.4. The summed E-state index contributed by atoms with van der Waals surface area (Å²) in [7, 11) is 0. The minimum absolute atomic E-state index is 0.307. The van der Waals surface area contributed by atoms with Crippen molar-refractivity contribution in [3.05, 3.63) is 179 Å². The van der Waals surface area contributed by atoms with E-state index in [0.717, 1.165) is 48.5 Å². The number of halogens is 18. The van der Waals surface area contributed by atoms with Gasteiger partial charge in [0, 0.05) is 0 Å². The van der Waals surface area contributed by atoms with Crippen molar-refractivity contribution >= 4 is 0 Å². The average molecular weight is 943 g/mol. The summed E-state index contributed by atoms with van der Waals surface area (Å²) in [6.07, 6.45) is -33.6. The molecule has 0 amide bonds. The van der Waals surface area contributed by atoms with Gasteiger partial charge in [0.25, 0.3) is 0 Å². The topological polar surface area (TPSA) is 0 Å². The lowest BCUT2D eigenvalue weighted by Crippen LogP contribution is -2.15. The first-order chi connectivity index (χ1) is 30.6. The van der Waals surface area contributed by atoms with Crippen LogP contribution in [0.2, 0.25) is 0 Å². The van der Waals surface area contributed by atoms with E-state index in [9.17, 15) is 52.7 Å². The van der Waals surface area contributed by atoms with Gasteiger partial charge in [0.2, 0.25) is 0 Å². The maximum absolute atomic E-state index is 15.2. The summed E-state index contributed by atoms with van der Waals surface area (Å²) >= 11 is 0. The molecule has 0 radical (unpaired) electrons. The largest absolute Gasteiger partial charge is 0.417 e. The van der Waals surface area contributed by atoms with E-state index >= 15 is 26.3 Å². The minimum atomic E-state index is -5.81. The molecule has 342 valence electrons. The highest BCUT2D eigenvalue weighted by Crippen LogP contribution is 2.54. The fourth-order valence-electron chi connectivity index (χ4n) is 7.72. The van der Waals surface area contributed by atoms with Crippen molar-refractivity contribution in [1.29, 1.82) is 0 Å². The Morgan fingerprint density at radius 3 is 0.697 bits per heavy atom.